The molecule has 0 unspecified atom stereocenters. The first kappa shape index (κ1) is 12.6. The van der Waals surface area contributed by atoms with Crippen molar-refractivity contribution in [2.75, 3.05) is 6.54 Å². The van der Waals surface area contributed by atoms with Crippen LogP contribution in [0.3, 0.4) is 0 Å². The third-order valence-corrected chi connectivity index (χ3v) is 3.26. The van der Waals surface area contributed by atoms with E-state index in [4.69, 9.17) is 0 Å². The van der Waals surface area contributed by atoms with E-state index in [1.165, 1.54) is 18.2 Å². The Kier molecular flexibility index (Phi) is 3.62. The Labute approximate surface area is 108 Å². The van der Waals surface area contributed by atoms with Crippen LogP contribution < -0.4 is 0 Å². The van der Waals surface area contributed by atoms with E-state index in [2.05, 4.69) is 6.58 Å². The highest BCUT2D eigenvalue weighted by Gasteiger charge is 2.33. The number of halogens is 1. The summed E-state index contributed by atoms with van der Waals surface area (Å²) in [5.74, 6) is -0.680. The largest absolute Gasteiger partial charge is 0.293 e. The van der Waals surface area contributed by atoms with Gasteiger partial charge >= 0.3 is 0 Å². The van der Waals surface area contributed by atoms with Crippen LogP contribution in [-0.4, -0.2) is 22.6 Å². The van der Waals surface area contributed by atoms with Crippen LogP contribution in [0.4, 0.5) is 9.18 Å². The fraction of sp³-hybridized carbons (Fsp3) is 0.0769. The Morgan fingerprint density at radius 1 is 1.28 bits per heavy atom. The lowest BCUT2D eigenvalue weighted by Gasteiger charge is -2.07. The summed E-state index contributed by atoms with van der Waals surface area (Å²) in [6.45, 7) is 3.70. The van der Waals surface area contributed by atoms with Crippen LogP contribution in [0.5, 0.6) is 0 Å². The zero-order valence-electron chi connectivity index (χ0n) is 9.43. The van der Waals surface area contributed by atoms with Gasteiger partial charge in [0.15, 0.2) is 0 Å². The molecule has 0 radical (unpaired) electrons. The number of nitrogens with zero attached hydrogens (tertiary/aromatic N) is 1. The fourth-order valence-corrected chi connectivity index (χ4v) is 2.35. The van der Waals surface area contributed by atoms with Gasteiger partial charge in [-0.2, -0.15) is 0 Å². The average molecular weight is 263 g/mol. The van der Waals surface area contributed by atoms with E-state index >= 15 is 0 Å². The molecule has 1 fully saturated rings. The Balaban J connectivity index is 2.24. The first-order valence-corrected chi connectivity index (χ1v) is 6.05. The maximum absolute atomic E-state index is 12.7. The molecule has 1 saturated heterocycles. The highest BCUT2D eigenvalue weighted by Crippen LogP contribution is 2.31. The van der Waals surface area contributed by atoms with Crippen LogP contribution in [0.25, 0.3) is 6.08 Å². The van der Waals surface area contributed by atoms with E-state index < -0.39 is 0 Å². The predicted octanol–water partition coefficient (Wildman–Crippen LogP) is 3.05. The highest BCUT2D eigenvalue weighted by atomic mass is 32.2. The van der Waals surface area contributed by atoms with Gasteiger partial charge < -0.3 is 0 Å². The van der Waals surface area contributed by atoms with Crippen LogP contribution >= 0.6 is 11.8 Å². The van der Waals surface area contributed by atoms with E-state index in [1.807, 2.05) is 0 Å². The van der Waals surface area contributed by atoms with Gasteiger partial charge in [-0.15, -0.1) is 6.58 Å². The van der Waals surface area contributed by atoms with Crippen molar-refractivity contribution in [3.05, 3.63) is 53.2 Å². The summed E-state index contributed by atoms with van der Waals surface area (Å²) in [7, 11) is 0. The Bertz CT molecular complexity index is 536. The summed E-state index contributed by atoms with van der Waals surface area (Å²) in [6.07, 6.45) is 3.07. The van der Waals surface area contributed by atoms with E-state index in [0.29, 0.717) is 10.5 Å². The van der Waals surface area contributed by atoms with Crippen LogP contribution in [0.1, 0.15) is 5.56 Å². The summed E-state index contributed by atoms with van der Waals surface area (Å²) < 4.78 is 12.7. The van der Waals surface area contributed by atoms with Gasteiger partial charge in [-0.25, -0.2) is 4.39 Å². The zero-order valence-corrected chi connectivity index (χ0v) is 10.2. The molecule has 92 valence electrons. The topological polar surface area (TPSA) is 37.4 Å². The number of benzene rings is 1. The molecule has 1 aromatic carbocycles. The average Bonchev–Trinajstić information content (AvgIpc) is 2.60. The molecule has 0 bridgehead atoms. The number of carbonyl (C=O) groups excluding carboxylic acids is 2. The molecule has 1 aromatic rings. The molecule has 0 spiro atoms. The van der Waals surface area contributed by atoms with Crippen LogP contribution in [0.15, 0.2) is 41.8 Å². The Hall–Kier alpha value is -1.88. The number of rotatable bonds is 3. The molecular formula is C13H10FNO2S. The maximum atomic E-state index is 12.7. The number of imide groups is 1. The van der Waals surface area contributed by atoms with E-state index in [0.717, 1.165) is 16.7 Å². The van der Waals surface area contributed by atoms with Gasteiger partial charge in [0.2, 0.25) is 0 Å². The second-order valence-corrected chi connectivity index (χ2v) is 4.63. The minimum Gasteiger partial charge on any atom is -0.268 e. The molecule has 18 heavy (non-hydrogen) atoms. The van der Waals surface area contributed by atoms with E-state index in [1.54, 1.807) is 18.2 Å². The minimum absolute atomic E-state index is 0.200. The molecule has 5 heteroatoms. The summed E-state index contributed by atoms with van der Waals surface area (Å²) in [5, 5.41) is -0.312. The molecule has 1 aliphatic heterocycles. The summed E-state index contributed by atoms with van der Waals surface area (Å²) in [6, 6.07) is 5.72. The molecule has 0 aromatic heterocycles. The lowest BCUT2D eigenvalue weighted by molar-refractivity contribution is -0.122. The van der Waals surface area contributed by atoms with Gasteiger partial charge in [0.1, 0.15) is 5.82 Å². The van der Waals surface area contributed by atoms with Crippen molar-refractivity contribution in [3.63, 3.8) is 0 Å². The molecule has 0 N–H and O–H groups in total. The fourth-order valence-electron chi connectivity index (χ4n) is 1.50. The number of thioether (sulfide) groups is 1. The van der Waals surface area contributed by atoms with Crippen LogP contribution in [-0.2, 0) is 4.79 Å². The molecule has 0 aliphatic carbocycles. The van der Waals surface area contributed by atoms with Crippen molar-refractivity contribution in [3.8, 4) is 0 Å². The molecule has 2 rings (SSSR count). The van der Waals surface area contributed by atoms with Gasteiger partial charge in [-0.1, -0.05) is 18.2 Å². The lowest BCUT2D eigenvalue weighted by Crippen LogP contribution is -2.27. The first-order valence-electron chi connectivity index (χ1n) is 5.23. The second-order valence-electron chi connectivity index (χ2n) is 3.63. The quantitative estimate of drug-likeness (QED) is 0.621. The van der Waals surface area contributed by atoms with E-state index in [-0.39, 0.29) is 23.5 Å². The molecule has 3 nitrogen and oxygen atoms in total. The van der Waals surface area contributed by atoms with Gasteiger partial charge in [-0.05, 0) is 35.5 Å². The normalized spacial score (nSPS) is 17.6. The van der Waals surface area contributed by atoms with Gasteiger partial charge in [0.05, 0.1) is 4.91 Å². The number of amides is 2. The summed E-state index contributed by atoms with van der Waals surface area (Å²) in [4.78, 5) is 24.9. The third-order valence-electron chi connectivity index (χ3n) is 2.35. The standard InChI is InChI=1S/C13H10FNO2S/c1-2-7-15-12(16)11(18-13(15)17)8-9-3-5-10(14)6-4-9/h2-6,8H,1,7H2. The maximum Gasteiger partial charge on any atom is 0.293 e. The van der Waals surface area contributed by atoms with Crippen molar-refractivity contribution in [2.45, 2.75) is 0 Å². The van der Waals surface area contributed by atoms with Crippen molar-refractivity contribution in [1.29, 1.82) is 0 Å². The van der Waals surface area contributed by atoms with Crippen LogP contribution in [0, 0.1) is 5.82 Å². The lowest BCUT2D eigenvalue weighted by atomic mass is 10.2. The van der Waals surface area contributed by atoms with Crippen molar-refractivity contribution in [1.82, 2.24) is 4.90 Å². The monoisotopic (exact) mass is 263 g/mol. The molecule has 0 saturated carbocycles. The van der Waals surface area contributed by atoms with Crippen molar-refractivity contribution >= 4 is 29.0 Å². The van der Waals surface area contributed by atoms with Gasteiger partial charge in [0, 0.05) is 6.54 Å². The summed E-state index contributed by atoms with van der Waals surface area (Å²) >= 11 is 0.878. The molecule has 0 atom stereocenters. The van der Waals surface area contributed by atoms with Crippen molar-refractivity contribution < 1.29 is 14.0 Å². The minimum atomic E-state index is -0.341. The SMILES string of the molecule is C=CCN1C(=O)SC(=Cc2ccc(F)cc2)C1=O. The van der Waals surface area contributed by atoms with E-state index in [9.17, 15) is 14.0 Å². The van der Waals surface area contributed by atoms with Gasteiger partial charge in [0.25, 0.3) is 11.1 Å². The number of hydrogen-bond donors (Lipinski definition) is 0. The Morgan fingerprint density at radius 3 is 2.56 bits per heavy atom. The third kappa shape index (κ3) is 2.51. The van der Waals surface area contributed by atoms with Gasteiger partial charge in [-0.3, -0.25) is 14.5 Å². The second kappa shape index (κ2) is 5.18. The summed E-state index contributed by atoms with van der Waals surface area (Å²) in [5.41, 5.74) is 0.681. The Morgan fingerprint density at radius 2 is 1.94 bits per heavy atom. The van der Waals surface area contributed by atoms with Crippen molar-refractivity contribution in [2.24, 2.45) is 0 Å². The molecule has 2 amide bonds. The molecule has 1 aliphatic rings. The van der Waals surface area contributed by atoms with Crippen LogP contribution in [0.2, 0.25) is 0 Å². The molecular weight excluding hydrogens is 253 g/mol. The smallest absolute Gasteiger partial charge is 0.268 e. The zero-order chi connectivity index (χ0) is 13.1. The number of carbonyl (C=O) groups is 2. The first-order chi connectivity index (χ1) is 8.61. The molecule has 1 heterocycles. The highest BCUT2D eigenvalue weighted by molar-refractivity contribution is 8.18. The predicted molar refractivity (Wildman–Crippen MR) is 69.3 cm³/mol. The number of hydrogen-bond acceptors (Lipinski definition) is 3.